The number of aromatic nitrogens is 2. The number of primary amides is 1. The van der Waals surface area contributed by atoms with Crippen molar-refractivity contribution < 1.29 is 4.79 Å². The Morgan fingerprint density at radius 3 is 2.53 bits per heavy atom. The standard InChI is InChI=1S/C11H11N3O/c1-8-7-14(13-10(8)11(12)15)9-5-3-2-4-6-9/h2-7H,1H3,(H2,12,15). The number of aryl methyl sites for hydroxylation is 1. The minimum absolute atomic E-state index is 0.318. The van der Waals surface area contributed by atoms with Gasteiger partial charge in [-0.1, -0.05) is 18.2 Å². The molecule has 0 saturated heterocycles. The molecule has 0 bridgehead atoms. The average molecular weight is 201 g/mol. The Labute approximate surface area is 87.3 Å². The van der Waals surface area contributed by atoms with Gasteiger partial charge in [-0.2, -0.15) is 5.10 Å². The van der Waals surface area contributed by atoms with Gasteiger partial charge in [-0.15, -0.1) is 0 Å². The summed E-state index contributed by atoms with van der Waals surface area (Å²) in [4.78, 5) is 11.0. The summed E-state index contributed by atoms with van der Waals surface area (Å²) in [7, 11) is 0. The van der Waals surface area contributed by atoms with Crippen LogP contribution >= 0.6 is 0 Å². The van der Waals surface area contributed by atoms with Crippen molar-refractivity contribution in [3.63, 3.8) is 0 Å². The molecule has 2 rings (SSSR count). The van der Waals surface area contributed by atoms with Crippen LogP contribution in [0.2, 0.25) is 0 Å². The highest BCUT2D eigenvalue weighted by molar-refractivity contribution is 5.92. The molecule has 0 atom stereocenters. The van der Waals surface area contributed by atoms with Gasteiger partial charge in [0, 0.05) is 11.8 Å². The predicted octanol–water partition coefficient (Wildman–Crippen LogP) is 1.28. The first-order chi connectivity index (χ1) is 7.18. The maximum Gasteiger partial charge on any atom is 0.269 e. The van der Waals surface area contributed by atoms with Gasteiger partial charge in [-0.05, 0) is 19.1 Å². The molecule has 4 heteroatoms. The van der Waals surface area contributed by atoms with E-state index in [0.29, 0.717) is 5.69 Å². The molecule has 0 aliphatic carbocycles. The van der Waals surface area contributed by atoms with E-state index in [-0.39, 0.29) is 0 Å². The van der Waals surface area contributed by atoms with Crippen LogP contribution < -0.4 is 5.73 Å². The third-order valence-electron chi connectivity index (χ3n) is 2.15. The lowest BCUT2D eigenvalue weighted by atomic mass is 10.3. The fraction of sp³-hybridized carbons (Fsp3) is 0.0909. The zero-order valence-electron chi connectivity index (χ0n) is 8.34. The number of carbonyl (C=O) groups excluding carboxylic acids is 1. The Hall–Kier alpha value is -2.10. The van der Waals surface area contributed by atoms with Crippen LogP contribution in [0.25, 0.3) is 5.69 Å². The number of nitrogens with zero attached hydrogens (tertiary/aromatic N) is 2. The second kappa shape index (κ2) is 3.57. The smallest absolute Gasteiger partial charge is 0.269 e. The van der Waals surface area contributed by atoms with E-state index in [1.807, 2.05) is 37.3 Å². The lowest BCUT2D eigenvalue weighted by Gasteiger charge is -1.98. The second-order valence-electron chi connectivity index (χ2n) is 3.31. The molecule has 1 amide bonds. The van der Waals surface area contributed by atoms with Crippen molar-refractivity contribution in [3.05, 3.63) is 47.8 Å². The van der Waals surface area contributed by atoms with E-state index < -0.39 is 5.91 Å². The number of para-hydroxylation sites is 1. The van der Waals surface area contributed by atoms with Crippen molar-refractivity contribution in [2.75, 3.05) is 0 Å². The summed E-state index contributed by atoms with van der Waals surface area (Å²) in [5, 5.41) is 4.12. The maximum absolute atomic E-state index is 11.0. The van der Waals surface area contributed by atoms with Crippen LogP contribution in [0.5, 0.6) is 0 Å². The highest BCUT2D eigenvalue weighted by Gasteiger charge is 2.10. The number of carbonyl (C=O) groups is 1. The second-order valence-corrected chi connectivity index (χ2v) is 3.31. The maximum atomic E-state index is 11.0. The molecule has 4 nitrogen and oxygen atoms in total. The van der Waals surface area contributed by atoms with Gasteiger partial charge < -0.3 is 5.73 Å². The molecular formula is C11H11N3O. The third kappa shape index (κ3) is 1.74. The number of hydrogen-bond acceptors (Lipinski definition) is 2. The molecule has 0 aliphatic rings. The lowest BCUT2D eigenvalue weighted by molar-refractivity contribution is 0.0994. The van der Waals surface area contributed by atoms with Gasteiger partial charge in [0.2, 0.25) is 0 Å². The molecular weight excluding hydrogens is 190 g/mol. The van der Waals surface area contributed by atoms with E-state index in [2.05, 4.69) is 5.10 Å². The highest BCUT2D eigenvalue weighted by atomic mass is 16.1. The molecule has 1 aromatic carbocycles. The van der Waals surface area contributed by atoms with Crippen molar-refractivity contribution in [3.8, 4) is 5.69 Å². The van der Waals surface area contributed by atoms with Gasteiger partial charge in [0.05, 0.1) is 5.69 Å². The topological polar surface area (TPSA) is 60.9 Å². The molecule has 0 radical (unpaired) electrons. The summed E-state index contributed by atoms with van der Waals surface area (Å²) in [6.45, 7) is 1.81. The fourth-order valence-electron chi connectivity index (χ4n) is 1.42. The summed E-state index contributed by atoms with van der Waals surface area (Å²) in [6, 6.07) is 9.58. The van der Waals surface area contributed by atoms with Gasteiger partial charge in [-0.25, -0.2) is 4.68 Å². The molecule has 1 heterocycles. The average Bonchev–Trinajstić information content (AvgIpc) is 2.62. The number of rotatable bonds is 2. The minimum atomic E-state index is -0.498. The Bertz CT molecular complexity index is 488. The van der Waals surface area contributed by atoms with Gasteiger partial charge in [0.25, 0.3) is 5.91 Å². The summed E-state index contributed by atoms with van der Waals surface area (Å²) < 4.78 is 1.65. The number of benzene rings is 1. The van der Waals surface area contributed by atoms with Crippen LogP contribution in [0.15, 0.2) is 36.5 Å². The van der Waals surface area contributed by atoms with Crippen molar-refractivity contribution in [2.45, 2.75) is 6.92 Å². The Balaban J connectivity index is 2.48. The summed E-state index contributed by atoms with van der Waals surface area (Å²) in [6.07, 6.45) is 1.79. The molecule has 0 aliphatic heterocycles. The number of amides is 1. The van der Waals surface area contributed by atoms with Crippen LogP contribution in [0, 0.1) is 6.92 Å². The number of hydrogen-bond donors (Lipinski definition) is 1. The molecule has 15 heavy (non-hydrogen) atoms. The Morgan fingerprint density at radius 2 is 2.00 bits per heavy atom. The summed E-state index contributed by atoms with van der Waals surface area (Å²) in [5.41, 5.74) is 7.20. The van der Waals surface area contributed by atoms with Gasteiger partial charge >= 0.3 is 0 Å². The largest absolute Gasteiger partial charge is 0.364 e. The summed E-state index contributed by atoms with van der Waals surface area (Å²) >= 11 is 0. The Kier molecular flexibility index (Phi) is 2.25. The van der Waals surface area contributed by atoms with Gasteiger partial charge in [0.1, 0.15) is 0 Å². The van der Waals surface area contributed by atoms with Crippen LogP contribution in [0.4, 0.5) is 0 Å². The van der Waals surface area contributed by atoms with Crippen molar-refractivity contribution in [2.24, 2.45) is 5.73 Å². The lowest BCUT2D eigenvalue weighted by Crippen LogP contribution is -2.13. The molecule has 2 aromatic rings. The zero-order chi connectivity index (χ0) is 10.8. The van der Waals surface area contributed by atoms with E-state index in [4.69, 9.17) is 5.73 Å². The summed E-state index contributed by atoms with van der Waals surface area (Å²) in [5.74, 6) is -0.498. The minimum Gasteiger partial charge on any atom is -0.364 e. The van der Waals surface area contributed by atoms with Crippen LogP contribution in [-0.2, 0) is 0 Å². The van der Waals surface area contributed by atoms with Crippen LogP contribution in [-0.4, -0.2) is 15.7 Å². The first-order valence-electron chi connectivity index (χ1n) is 4.60. The zero-order valence-corrected chi connectivity index (χ0v) is 8.34. The molecule has 0 unspecified atom stereocenters. The SMILES string of the molecule is Cc1cn(-c2ccccc2)nc1C(N)=O. The van der Waals surface area contributed by atoms with Crippen molar-refractivity contribution >= 4 is 5.91 Å². The normalized spacial score (nSPS) is 10.2. The van der Waals surface area contributed by atoms with Crippen molar-refractivity contribution in [1.82, 2.24) is 9.78 Å². The first kappa shape index (κ1) is 9.45. The fourth-order valence-corrected chi connectivity index (χ4v) is 1.42. The van der Waals surface area contributed by atoms with Crippen LogP contribution in [0.3, 0.4) is 0 Å². The monoisotopic (exact) mass is 201 g/mol. The van der Waals surface area contributed by atoms with E-state index in [1.165, 1.54) is 0 Å². The van der Waals surface area contributed by atoms with E-state index in [1.54, 1.807) is 10.9 Å². The molecule has 0 saturated carbocycles. The molecule has 76 valence electrons. The number of nitrogens with two attached hydrogens (primary N) is 1. The van der Waals surface area contributed by atoms with E-state index >= 15 is 0 Å². The van der Waals surface area contributed by atoms with Crippen LogP contribution in [0.1, 0.15) is 16.1 Å². The predicted molar refractivity (Wildman–Crippen MR) is 56.8 cm³/mol. The Morgan fingerprint density at radius 1 is 1.33 bits per heavy atom. The molecule has 1 aromatic heterocycles. The highest BCUT2D eigenvalue weighted by Crippen LogP contribution is 2.10. The quantitative estimate of drug-likeness (QED) is 0.795. The van der Waals surface area contributed by atoms with E-state index in [0.717, 1.165) is 11.3 Å². The molecule has 0 spiro atoms. The molecule has 2 N–H and O–H groups in total. The molecule has 0 fully saturated rings. The third-order valence-corrected chi connectivity index (χ3v) is 2.15. The van der Waals surface area contributed by atoms with Gasteiger partial charge in [-0.3, -0.25) is 4.79 Å². The van der Waals surface area contributed by atoms with E-state index in [9.17, 15) is 4.79 Å². The first-order valence-corrected chi connectivity index (χ1v) is 4.60. The van der Waals surface area contributed by atoms with Gasteiger partial charge in [0.15, 0.2) is 5.69 Å². The van der Waals surface area contributed by atoms with Crippen molar-refractivity contribution in [1.29, 1.82) is 0 Å².